The Bertz CT molecular complexity index is 1240. The van der Waals surface area contributed by atoms with Crippen molar-refractivity contribution in [1.29, 1.82) is 0 Å². The van der Waals surface area contributed by atoms with E-state index in [-0.39, 0.29) is 13.2 Å². The quantitative estimate of drug-likeness (QED) is 0.407. The topological polar surface area (TPSA) is 128 Å². The van der Waals surface area contributed by atoms with Crippen molar-refractivity contribution < 1.29 is 10.2 Å². The molecule has 0 saturated heterocycles. The third-order valence-corrected chi connectivity index (χ3v) is 4.78. The molecule has 10 heteroatoms. The molecule has 4 heterocycles. The lowest BCUT2D eigenvalue weighted by Crippen LogP contribution is -2.02. The van der Waals surface area contributed by atoms with Crippen LogP contribution in [0.3, 0.4) is 0 Å². The van der Waals surface area contributed by atoms with Crippen molar-refractivity contribution in [1.82, 2.24) is 40.0 Å². The summed E-state index contributed by atoms with van der Waals surface area (Å²) in [4.78, 5) is 9.60. The van der Waals surface area contributed by atoms with Crippen LogP contribution in [0.15, 0.2) is 48.8 Å². The first-order chi connectivity index (χ1) is 14.7. The van der Waals surface area contributed by atoms with Gasteiger partial charge in [-0.25, -0.2) is 19.3 Å². The Morgan fingerprint density at radius 3 is 1.47 bits per heavy atom. The minimum atomic E-state index is -0.00575. The Morgan fingerprint density at radius 1 is 0.600 bits per heavy atom. The summed E-state index contributed by atoms with van der Waals surface area (Å²) in [6, 6.07) is 11.8. The van der Waals surface area contributed by atoms with E-state index in [1.165, 1.54) is 0 Å². The third-order valence-electron chi connectivity index (χ3n) is 4.78. The van der Waals surface area contributed by atoms with Crippen LogP contribution in [-0.2, 0) is 13.1 Å². The van der Waals surface area contributed by atoms with Crippen LogP contribution in [0.5, 0.6) is 0 Å². The molecule has 0 fully saturated rings. The minimum Gasteiger partial charge on any atom is -0.394 e. The molecule has 5 aromatic rings. The minimum absolute atomic E-state index is 0.00575. The second-order valence-electron chi connectivity index (χ2n) is 6.78. The number of pyridine rings is 2. The van der Waals surface area contributed by atoms with E-state index < -0.39 is 0 Å². The highest BCUT2D eigenvalue weighted by molar-refractivity contribution is 6.03. The highest BCUT2D eigenvalue weighted by Gasteiger charge is 2.12. The predicted octanol–water partition coefficient (Wildman–Crippen LogP) is 1.28. The number of benzene rings is 1. The summed E-state index contributed by atoms with van der Waals surface area (Å²) in [7, 11) is 0. The van der Waals surface area contributed by atoms with E-state index in [9.17, 15) is 0 Å². The van der Waals surface area contributed by atoms with E-state index in [4.69, 9.17) is 20.2 Å². The van der Waals surface area contributed by atoms with Gasteiger partial charge in [0.2, 0.25) is 0 Å². The predicted molar refractivity (Wildman–Crippen MR) is 109 cm³/mol. The maximum absolute atomic E-state index is 9.07. The van der Waals surface area contributed by atoms with Crippen LogP contribution in [0.1, 0.15) is 0 Å². The maximum Gasteiger partial charge on any atom is 0.131 e. The van der Waals surface area contributed by atoms with Crippen LogP contribution < -0.4 is 0 Å². The van der Waals surface area contributed by atoms with Crippen LogP contribution in [0, 0.1) is 0 Å². The number of aromatic nitrogens is 8. The summed E-state index contributed by atoms with van der Waals surface area (Å²) in [5, 5.41) is 36.4. The van der Waals surface area contributed by atoms with Gasteiger partial charge < -0.3 is 10.2 Å². The first kappa shape index (κ1) is 18.3. The second kappa shape index (κ2) is 7.58. The van der Waals surface area contributed by atoms with E-state index >= 15 is 0 Å². The molecular weight excluding hydrogens is 384 g/mol. The number of rotatable bonds is 6. The molecule has 0 amide bonds. The second-order valence-corrected chi connectivity index (χ2v) is 6.78. The van der Waals surface area contributed by atoms with Crippen molar-refractivity contribution in [3.8, 4) is 22.8 Å². The van der Waals surface area contributed by atoms with Gasteiger partial charge in [0.1, 0.15) is 11.4 Å². The Kier molecular flexibility index (Phi) is 4.62. The molecule has 0 spiro atoms. The van der Waals surface area contributed by atoms with E-state index in [0.29, 0.717) is 35.9 Å². The van der Waals surface area contributed by atoms with Gasteiger partial charge in [0.25, 0.3) is 0 Å². The molecule has 0 unspecified atom stereocenters. The Labute approximate surface area is 170 Å². The van der Waals surface area contributed by atoms with Gasteiger partial charge in [-0.2, -0.15) is 0 Å². The normalized spacial score (nSPS) is 11.5. The molecule has 0 saturated carbocycles. The monoisotopic (exact) mass is 402 g/mol. The molecule has 2 N–H and O–H groups in total. The van der Waals surface area contributed by atoms with Gasteiger partial charge in [-0.05, 0) is 12.1 Å². The molecule has 0 aliphatic rings. The highest BCUT2D eigenvalue weighted by atomic mass is 16.3. The number of aliphatic hydroxyl groups excluding tert-OH is 2. The molecule has 30 heavy (non-hydrogen) atoms. The highest BCUT2D eigenvalue weighted by Crippen LogP contribution is 2.27. The number of fused-ring (bicyclic) bond motifs is 3. The number of nitrogens with zero attached hydrogens (tertiary/aromatic N) is 8. The zero-order valence-corrected chi connectivity index (χ0v) is 15.9. The number of hydrogen-bond donors (Lipinski definition) is 2. The van der Waals surface area contributed by atoms with Gasteiger partial charge in [-0.1, -0.05) is 34.7 Å². The molecule has 1 aromatic carbocycles. The molecule has 0 aliphatic carbocycles. The van der Waals surface area contributed by atoms with Gasteiger partial charge in [0.15, 0.2) is 0 Å². The Hall–Kier alpha value is -3.76. The molecule has 0 radical (unpaired) electrons. The van der Waals surface area contributed by atoms with Crippen molar-refractivity contribution in [2.45, 2.75) is 13.1 Å². The van der Waals surface area contributed by atoms with Gasteiger partial charge in [-0.15, -0.1) is 10.2 Å². The average Bonchev–Trinajstić information content (AvgIpc) is 3.43. The Morgan fingerprint density at radius 2 is 1.03 bits per heavy atom. The lowest BCUT2D eigenvalue weighted by Gasteiger charge is -2.06. The standard InChI is InChI=1S/C20H18N8O2/c29-9-7-27-11-17(23-25-27)15-5-3-13-1-2-14-4-6-16(22-20(14)19(13)21-15)18-12-28(8-10-30)26-24-18/h1-6,11-12,29-30H,7-10H2. The maximum atomic E-state index is 9.07. The van der Waals surface area contributed by atoms with Gasteiger partial charge in [0.05, 0.1) is 61.1 Å². The molecule has 150 valence electrons. The zero-order valence-electron chi connectivity index (χ0n) is 15.9. The van der Waals surface area contributed by atoms with Gasteiger partial charge in [-0.3, -0.25) is 0 Å². The molecule has 5 rings (SSSR count). The van der Waals surface area contributed by atoms with Crippen molar-refractivity contribution in [2.75, 3.05) is 13.2 Å². The summed E-state index contributed by atoms with van der Waals surface area (Å²) < 4.78 is 3.16. The SMILES string of the molecule is OCCn1cc(-c2ccc3ccc4ccc(-c5cn(CCO)nn5)nc4c3n2)nn1. The van der Waals surface area contributed by atoms with Crippen LogP contribution in [0.2, 0.25) is 0 Å². The lowest BCUT2D eigenvalue weighted by atomic mass is 10.1. The molecule has 0 aliphatic heterocycles. The van der Waals surface area contributed by atoms with Gasteiger partial charge >= 0.3 is 0 Å². The van der Waals surface area contributed by atoms with Crippen LogP contribution in [0.4, 0.5) is 0 Å². The lowest BCUT2D eigenvalue weighted by molar-refractivity contribution is 0.267. The van der Waals surface area contributed by atoms with E-state index in [1.54, 1.807) is 21.8 Å². The van der Waals surface area contributed by atoms with E-state index in [2.05, 4.69) is 20.6 Å². The molecule has 0 bridgehead atoms. The third kappa shape index (κ3) is 3.27. The van der Waals surface area contributed by atoms with Gasteiger partial charge in [0, 0.05) is 10.8 Å². The largest absolute Gasteiger partial charge is 0.394 e. The Balaban J connectivity index is 1.62. The summed E-state index contributed by atoms with van der Waals surface area (Å²) in [5.41, 5.74) is 4.13. The zero-order chi connectivity index (χ0) is 20.5. The summed E-state index contributed by atoms with van der Waals surface area (Å²) >= 11 is 0. The fourth-order valence-electron chi connectivity index (χ4n) is 3.31. The fourth-order valence-corrected chi connectivity index (χ4v) is 3.31. The van der Waals surface area contributed by atoms with Crippen LogP contribution in [-0.4, -0.2) is 63.4 Å². The summed E-state index contributed by atoms with van der Waals surface area (Å²) in [6.07, 6.45) is 3.52. The average molecular weight is 402 g/mol. The van der Waals surface area contributed by atoms with E-state index in [1.807, 2.05) is 36.4 Å². The van der Waals surface area contributed by atoms with Crippen molar-refractivity contribution in [2.24, 2.45) is 0 Å². The van der Waals surface area contributed by atoms with Crippen LogP contribution >= 0.6 is 0 Å². The molecule has 10 nitrogen and oxygen atoms in total. The fraction of sp³-hybridized carbons (Fsp3) is 0.200. The van der Waals surface area contributed by atoms with E-state index in [0.717, 1.165) is 21.8 Å². The molecular formula is C20H18N8O2. The summed E-state index contributed by atoms with van der Waals surface area (Å²) in [6.45, 7) is 0.749. The van der Waals surface area contributed by atoms with Crippen molar-refractivity contribution in [3.63, 3.8) is 0 Å². The number of aliphatic hydroxyl groups is 2. The van der Waals surface area contributed by atoms with Crippen molar-refractivity contribution >= 4 is 21.8 Å². The first-order valence-corrected chi connectivity index (χ1v) is 9.48. The van der Waals surface area contributed by atoms with Crippen molar-refractivity contribution in [3.05, 3.63) is 48.8 Å². The smallest absolute Gasteiger partial charge is 0.131 e. The molecule has 0 atom stereocenters. The first-order valence-electron chi connectivity index (χ1n) is 9.48. The molecule has 4 aromatic heterocycles. The van der Waals surface area contributed by atoms with Crippen LogP contribution in [0.25, 0.3) is 44.6 Å². The number of hydrogen-bond acceptors (Lipinski definition) is 8. The summed E-state index contributed by atoms with van der Waals surface area (Å²) in [5.74, 6) is 0.